The molecule has 6 nitrogen and oxygen atoms in total. The Kier molecular flexibility index (Phi) is 3.16. The monoisotopic (exact) mass is 409 g/mol. The number of hydrogen-bond acceptors (Lipinski definition) is 3. The van der Waals surface area contributed by atoms with E-state index in [0.29, 0.717) is 11.1 Å². The highest BCUT2D eigenvalue weighted by atomic mass is 16.5. The lowest BCUT2D eigenvalue weighted by molar-refractivity contribution is 0.0408. The topological polar surface area (TPSA) is 65.3 Å². The number of aromatic nitrogens is 2. The van der Waals surface area contributed by atoms with Gasteiger partial charge in [0.2, 0.25) is 0 Å². The van der Waals surface area contributed by atoms with Gasteiger partial charge in [-0.05, 0) is 25.0 Å². The molecule has 2 aliphatic heterocycles. The Morgan fingerprint density at radius 1 is 0.871 bits per heavy atom. The summed E-state index contributed by atoms with van der Waals surface area (Å²) in [7, 11) is 1.74. The first-order chi connectivity index (χ1) is 15.2. The Hall–Kier alpha value is -3.64. The fourth-order valence-corrected chi connectivity index (χ4v) is 5.79. The summed E-state index contributed by atoms with van der Waals surface area (Å²) in [5.41, 5.74) is 5.08. The first kappa shape index (κ1) is 17.1. The average Bonchev–Trinajstić information content (AvgIpc) is 3.37. The van der Waals surface area contributed by atoms with Crippen LogP contribution in [0.15, 0.2) is 48.5 Å². The van der Waals surface area contributed by atoms with Crippen LogP contribution in [0, 0.1) is 0 Å². The summed E-state index contributed by atoms with van der Waals surface area (Å²) in [6.07, 6.45) is 1.66. The number of benzene rings is 3. The molecule has 2 aromatic heterocycles. The summed E-state index contributed by atoms with van der Waals surface area (Å²) in [6.45, 7) is 0.828. The van der Waals surface area contributed by atoms with E-state index in [-0.39, 0.29) is 18.0 Å². The van der Waals surface area contributed by atoms with Crippen molar-refractivity contribution in [3.05, 3.63) is 59.7 Å². The summed E-state index contributed by atoms with van der Waals surface area (Å²) in [5, 5.41) is 6.25. The molecule has 0 saturated heterocycles. The quantitative estimate of drug-likeness (QED) is 0.407. The van der Waals surface area contributed by atoms with Gasteiger partial charge in [0.15, 0.2) is 0 Å². The second kappa shape index (κ2) is 5.74. The number of carbonyl (C=O) groups excluding carboxylic acids is 2. The van der Waals surface area contributed by atoms with Crippen LogP contribution in [0.4, 0.5) is 0 Å². The van der Waals surface area contributed by atoms with Gasteiger partial charge in [-0.15, -0.1) is 0 Å². The second-order valence-electron chi connectivity index (χ2n) is 8.37. The molecule has 0 aliphatic carbocycles. The molecule has 4 heterocycles. The zero-order valence-corrected chi connectivity index (χ0v) is 16.9. The molecule has 0 spiro atoms. The van der Waals surface area contributed by atoms with E-state index < -0.39 is 0 Å². The van der Waals surface area contributed by atoms with Crippen LogP contribution in [0.5, 0.6) is 0 Å². The minimum atomic E-state index is -0.322. The highest BCUT2D eigenvalue weighted by molar-refractivity contribution is 6.39. The van der Waals surface area contributed by atoms with Gasteiger partial charge in [0, 0.05) is 40.7 Å². The second-order valence-corrected chi connectivity index (χ2v) is 8.37. The average molecular weight is 409 g/mol. The molecule has 0 saturated carbocycles. The highest BCUT2D eigenvalue weighted by Crippen LogP contribution is 2.47. The summed E-state index contributed by atoms with van der Waals surface area (Å²) in [5.74, 6) is -0.635. The number of methoxy groups -OCH3 is 1. The molecular weight excluding hydrogens is 390 g/mol. The number of carbonyl (C=O) groups is 2. The Morgan fingerprint density at radius 2 is 1.48 bits per heavy atom. The van der Waals surface area contributed by atoms with Crippen LogP contribution >= 0.6 is 0 Å². The van der Waals surface area contributed by atoms with E-state index >= 15 is 0 Å². The number of hydrogen-bond donors (Lipinski definition) is 1. The first-order valence-electron chi connectivity index (χ1n) is 10.6. The minimum absolute atomic E-state index is 0.143. The summed E-state index contributed by atoms with van der Waals surface area (Å²) < 4.78 is 10.5. The van der Waals surface area contributed by atoms with Gasteiger partial charge in [0.05, 0.1) is 27.7 Å². The van der Waals surface area contributed by atoms with E-state index in [2.05, 4.69) is 32.7 Å². The Labute approximate surface area is 177 Å². The zero-order valence-electron chi connectivity index (χ0n) is 16.9. The molecule has 31 heavy (non-hydrogen) atoms. The maximum absolute atomic E-state index is 13.1. The normalized spacial score (nSPS) is 18.3. The van der Waals surface area contributed by atoms with Crippen molar-refractivity contribution in [1.29, 1.82) is 0 Å². The maximum atomic E-state index is 13.1. The predicted molar refractivity (Wildman–Crippen MR) is 120 cm³/mol. The molecule has 0 radical (unpaired) electrons. The number of amides is 2. The van der Waals surface area contributed by atoms with Gasteiger partial charge in [-0.3, -0.25) is 14.9 Å². The molecule has 0 fully saturated rings. The van der Waals surface area contributed by atoms with E-state index in [4.69, 9.17) is 4.74 Å². The van der Waals surface area contributed by atoms with Crippen LogP contribution < -0.4 is 5.32 Å². The largest absolute Gasteiger partial charge is 0.361 e. The third-order valence-electron chi connectivity index (χ3n) is 6.93. The molecule has 5 aromatic rings. The van der Waals surface area contributed by atoms with Gasteiger partial charge in [0.1, 0.15) is 6.23 Å². The van der Waals surface area contributed by atoms with Crippen LogP contribution in [0.1, 0.15) is 39.8 Å². The van der Waals surface area contributed by atoms with Crippen molar-refractivity contribution in [2.45, 2.75) is 25.6 Å². The number of nitrogens with one attached hydrogen (secondary N) is 1. The van der Waals surface area contributed by atoms with Crippen molar-refractivity contribution in [3.63, 3.8) is 0 Å². The molecule has 7 rings (SSSR count). The smallest absolute Gasteiger partial charge is 0.259 e. The molecule has 2 aliphatic rings. The van der Waals surface area contributed by atoms with E-state index in [1.165, 1.54) is 0 Å². The summed E-state index contributed by atoms with van der Waals surface area (Å²) >= 11 is 0. The van der Waals surface area contributed by atoms with E-state index in [0.717, 1.165) is 63.0 Å². The van der Waals surface area contributed by atoms with Crippen LogP contribution in [0.2, 0.25) is 0 Å². The third-order valence-corrected chi connectivity index (χ3v) is 6.93. The van der Waals surface area contributed by atoms with Gasteiger partial charge in [-0.25, -0.2) is 0 Å². The van der Waals surface area contributed by atoms with Crippen molar-refractivity contribution in [2.75, 3.05) is 7.11 Å². The van der Waals surface area contributed by atoms with E-state index in [1.807, 2.05) is 30.3 Å². The minimum Gasteiger partial charge on any atom is -0.361 e. The van der Waals surface area contributed by atoms with Gasteiger partial charge < -0.3 is 13.9 Å². The molecular formula is C25H19N3O3. The molecule has 3 aromatic carbocycles. The number of aryl methyl sites for hydroxylation is 1. The van der Waals surface area contributed by atoms with Crippen LogP contribution in [0.3, 0.4) is 0 Å². The highest BCUT2D eigenvalue weighted by Gasteiger charge is 2.37. The third kappa shape index (κ3) is 1.92. The van der Waals surface area contributed by atoms with Crippen LogP contribution in [-0.4, -0.2) is 28.1 Å². The maximum Gasteiger partial charge on any atom is 0.259 e. The summed E-state index contributed by atoms with van der Waals surface area (Å²) in [4.78, 5) is 26.1. The zero-order chi connectivity index (χ0) is 20.9. The molecule has 0 bridgehead atoms. The van der Waals surface area contributed by atoms with E-state index in [1.54, 1.807) is 7.11 Å². The van der Waals surface area contributed by atoms with Crippen LogP contribution in [-0.2, 0) is 11.3 Å². The lowest BCUT2D eigenvalue weighted by Crippen LogP contribution is -2.20. The van der Waals surface area contributed by atoms with E-state index in [9.17, 15) is 9.59 Å². The van der Waals surface area contributed by atoms with Crippen molar-refractivity contribution >= 4 is 55.4 Å². The predicted octanol–water partition coefficient (Wildman–Crippen LogP) is 4.72. The van der Waals surface area contributed by atoms with Gasteiger partial charge in [-0.1, -0.05) is 36.4 Å². The molecule has 1 N–H and O–H groups in total. The van der Waals surface area contributed by atoms with Gasteiger partial charge in [0.25, 0.3) is 11.8 Å². The fraction of sp³-hybridized carbons (Fsp3) is 0.200. The molecule has 1 unspecified atom stereocenters. The fourth-order valence-electron chi connectivity index (χ4n) is 5.79. The molecule has 2 amide bonds. The number of fused-ring (bicyclic) bond motifs is 9. The van der Waals surface area contributed by atoms with Gasteiger partial charge >= 0.3 is 0 Å². The molecule has 6 heteroatoms. The Bertz CT molecular complexity index is 1620. The Balaban J connectivity index is 1.91. The standard InChI is InChI=1S/C25H19N3O3/c1-31-17-11-6-12-27-15-9-4-2-7-13(15)18-20-21(25(30)26-24(20)29)19-14-8-3-5-10-16(14)28(17)23(19)22(18)27/h2-5,7-10,17H,6,11-12H2,1H3,(H,26,29,30). The van der Waals surface area contributed by atoms with Crippen LogP contribution in [0.25, 0.3) is 43.6 Å². The van der Waals surface area contributed by atoms with Crippen molar-refractivity contribution < 1.29 is 14.3 Å². The Morgan fingerprint density at radius 3 is 2.19 bits per heavy atom. The molecule has 152 valence electrons. The number of para-hydroxylation sites is 2. The number of rotatable bonds is 1. The summed E-state index contributed by atoms with van der Waals surface area (Å²) in [6, 6.07) is 16.3. The molecule has 1 atom stereocenters. The number of imide groups is 1. The number of nitrogens with zero attached hydrogens (tertiary/aromatic N) is 2. The number of ether oxygens (including phenoxy) is 1. The van der Waals surface area contributed by atoms with Crippen molar-refractivity contribution in [3.8, 4) is 0 Å². The lowest BCUT2D eigenvalue weighted by atomic mass is 9.96. The van der Waals surface area contributed by atoms with Crippen molar-refractivity contribution in [1.82, 2.24) is 14.5 Å². The SMILES string of the molecule is COC1CCCn2c3ccccc3c3c4c(c5c6ccccc6n1c5c32)C(=O)NC4=O. The van der Waals surface area contributed by atoms with Gasteiger partial charge in [-0.2, -0.15) is 0 Å². The lowest BCUT2D eigenvalue weighted by Gasteiger charge is -2.24. The van der Waals surface area contributed by atoms with Crippen molar-refractivity contribution in [2.24, 2.45) is 0 Å². The first-order valence-corrected chi connectivity index (χ1v) is 10.6.